The van der Waals surface area contributed by atoms with Gasteiger partial charge >= 0.3 is 0 Å². The van der Waals surface area contributed by atoms with E-state index >= 15 is 0 Å². The van der Waals surface area contributed by atoms with Crippen molar-refractivity contribution in [3.05, 3.63) is 141 Å². The molecule has 150 valence electrons. The molecule has 0 aliphatic heterocycles. The van der Waals surface area contributed by atoms with E-state index in [9.17, 15) is 10.2 Å². The summed E-state index contributed by atoms with van der Waals surface area (Å²) in [7, 11) is 0. The fourth-order valence-corrected chi connectivity index (χ4v) is 4.40. The average Bonchev–Trinajstić information content (AvgIpc) is 2.80. The molecule has 0 aliphatic rings. The maximum Gasteiger partial charge on any atom is 0.140 e. The zero-order valence-corrected chi connectivity index (χ0v) is 18.0. The van der Waals surface area contributed by atoms with E-state index in [1.807, 2.05) is 109 Å². The Morgan fingerprint density at radius 2 is 1.27 bits per heavy atom. The molecule has 0 spiro atoms. The smallest absolute Gasteiger partial charge is 0.140 e. The molecular formula is C27H23BrO2. The summed E-state index contributed by atoms with van der Waals surface area (Å²) in [6, 6.07) is 34.8. The van der Waals surface area contributed by atoms with Crippen molar-refractivity contribution in [2.45, 2.75) is 18.1 Å². The van der Waals surface area contributed by atoms with Crippen LogP contribution in [-0.2, 0) is 12.0 Å². The van der Waals surface area contributed by atoms with Crippen molar-refractivity contribution in [3.8, 4) is 0 Å². The molecule has 2 N–H and O–H groups in total. The van der Waals surface area contributed by atoms with Crippen LogP contribution < -0.4 is 0 Å². The number of hydrogen-bond acceptors (Lipinski definition) is 2. The molecule has 3 heteroatoms. The summed E-state index contributed by atoms with van der Waals surface area (Å²) >= 11 is 3.49. The van der Waals surface area contributed by atoms with Crippen LogP contribution in [0.5, 0.6) is 0 Å². The van der Waals surface area contributed by atoms with Crippen LogP contribution in [0.2, 0.25) is 0 Å². The van der Waals surface area contributed by atoms with Crippen molar-refractivity contribution in [1.29, 1.82) is 0 Å². The van der Waals surface area contributed by atoms with Crippen LogP contribution in [-0.4, -0.2) is 10.2 Å². The quantitative estimate of drug-likeness (QED) is 0.347. The number of halogens is 1. The highest BCUT2D eigenvalue weighted by Crippen LogP contribution is 2.40. The van der Waals surface area contributed by atoms with Crippen LogP contribution in [0.15, 0.2) is 114 Å². The van der Waals surface area contributed by atoms with Crippen molar-refractivity contribution < 1.29 is 10.2 Å². The van der Waals surface area contributed by atoms with Crippen molar-refractivity contribution in [3.63, 3.8) is 0 Å². The minimum absolute atomic E-state index is 0.454. The molecule has 4 aromatic carbocycles. The lowest BCUT2D eigenvalue weighted by Crippen LogP contribution is -2.31. The minimum atomic E-state index is -1.38. The summed E-state index contributed by atoms with van der Waals surface area (Å²) in [5.74, 6) is 0. The third-order valence-electron chi connectivity index (χ3n) is 5.41. The van der Waals surface area contributed by atoms with Gasteiger partial charge in [-0.05, 0) is 39.9 Å². The molecule has 0 saturated heterocycles. The standard InChI is InChI=1S/C27H23BrO2/c28-23-15-9-10-20(18-23)19-26(29)24-16-7-8-17-25(24)27(30,21-11-3-1-4-12-21)22-13-5-2-6-14-22/h1-18,26,29-30H,19H2. The number of aliphatic hydroxyl groups excluding tert-OH is 1. The number of rotatable bonds is 6. The summed E-state index contributed by atoms with van der Waals surface area (Å²) in [4.78, 5) is 0. The summed E-state index contributed by atoms with van der Waals surface area (Å²) in [5.41, 5.74) is 2.57. The van der Waals surface area contributed by atoms with E-state index in [1.54, 1.807) is 0 Å². The molecule has 0 fully saturated rings. The molecule has 2 nitrogen and oxygen atoms in total. The van der Waals surface area contributed by atoms with Gasteiger partial charge in [0.15, 0.2) is 0 Å². The van der Waals surface area contributed by atoms with Crippen LogP contribution in [0.4, 0.5) is 0 Å². The van der Waals surface area contributed by atoms with E-state index in [-0.39, 0.29) is 0 Å². The maximum absolute atomic E-state index is 12.1. The number of benzene rings is 4. The second-order valence-electron chi connectivity index (χ2n) is 7.38. The molecule has 0 radical (unpaired) electrons. The Balaban J connectivity index is 1.83. The van der Waals surface area contributed by atoms with Gasteiger partial charge in [-0.25, -0.2) is 0 Å². The number of aliphatic hydroxyl groups is 2. The molecule has 0 bridgehead atoms. The Morgan fingerprint density at radius 1 is 0.700 bits per heavy atom. The first-order valence-corrected chi connectivity index (χ1v) is 10.7. The Bertz CT molecular complexity index is 1070. The number of hydrogen-bond donors (Lipinski definition) is 2. The molecule has 1 unspecified atom stereocenters. The highest BCUT2D eigenvalue weighted by atomic mass is 79.9. The maximum atomic E-state index is 12.1. The predicted octanol–water partition coefficient (Wildman–Crippen LogP) is 6.01. The molecule has 30 heavy (non-hydrogen) atoms. The monoisotopic (exact) mass is 458 g/mol. The van der Waals surface area contributed by atoms with Crippen LogP contribution in [0, 0.1) is 0 Å². The third-order valence-corrected chi connectivity index (χ3v) is 5.90. The van der Waals surface area contributed by atoms with Gasteiger partial charge in [0, 0.05) is 10.9 Å². The third kappa shape index (κ3) is 4.10. The zero-order chi connectivity index (χ0) is 21.0. The fourth-order valence-electron chi connectivity index (χ4n) is 3.95. The van der Waals surface area contributed by atoms with Gasteiger partial charge in [-0.2, -0.15) is 0 Å². The van der Waals surface area contributed by atoms with Gasteiger partial charge < -0.3 is 10.2 Å². The first-order valence-electron chi connectivity index (χ1n) is 9.94. The second-order valence-corrected chi connectivity index (χ2v) is 8.30. The van der Waals surface area contributed by atoms with Crippen LogP contribution in [0.1, 0.15) is 33.9 Å². The molecule has 4 aromatic rings. The van der Waals surface area contributed by atoms with Crippen molar-refractivity contribution >= 4 is 15.9 Å². The Morgan fingerprint density at radius 3 is 1.87 bits per heavy atom. The van der Waals surface area contributed by atoms with Crippen LogP contribution in [0.25, 0.3) is 0 Å². The molecule has 0 amide bonds. The Hall–Kier alpha value is -2.72. The Kier molecular flexibility index (Phi) is 6.14. The van der Waals surface area contributed by atoms with E-state index in [2.05, 4.69) is 15.9 Å². The van der Waals surface area contributed by atoms with Crippen molar-refractivity contribution in [2.24, 2.45) is 0 Å². The lowest BCUT2D eigenvalue weighted by atomic mass is 9.77. The summed E-state index contributed by atoms with van der Waals surface area (Å²) < 4.78 is 0.977. The van der Waals surface area contributed by atoms with Crippen LogP contribution in [0.3, 0.4) is 0 Å². The van der Waals surface area contributed by atoms with Crippen molar-refractivity contribution in [1.82, 2.24) is 0 Å². The highest BCUT2D eigenvalue weighted by Gasteiger charge is 2.36. The SMILES string of the molecule is OC(Cc1cccc(Br)c1)c1ccccc1C(O)(c1ccccc1)c1ccccc1. The fraction of sp³-hybridized carbons (Fsp3) is 0.111. The predicted molar refractivity (Wildman–Crippen MR) is 124 cm³/mol. The van der Waals surface area contributed by atoms with Gasteiger partial charge in [0.05, 0.1) is 6.10 Å². The van der Waals surface area contributed by atoms with E-state index in [0.717, 1.165) is 21.2 Å². The van der Waals surface area contributed by atoms with Gasteiger partial charge in [-0.3, -0.25) is 0 Å². The van der Waals surface area contributed by atoms with Gasteiger partial charge in [0.25, 0.3) is 0 Å². The lowest BCUT2D eigenvalue weighted by Gasteiger charge is -2.33. The first kappa shape index (κ1) is 20.5. The van der Waals surface area contributed by atoms with Crippen molar-refractivity contribution in [2.75, 3.05) is 0 Å². The lowest BCUT2D eigenvalue weighted by molar-refractivity contribution is 0.116. The Labute approximate surface area is 185 Å². The molecule has 4 rings (SSSR count). The van der Waals surface area contributed by atoms with Gasteiger partial charge in [-0.15, -0.1) is 0 Å². The van der Waals surface area contributed by atoms with Gasteiger partial charge in [-0.1, -0.05) is 113 Å². The molecular weight excluding hydrogens is 436 g/mol. The summed E-state index contributed by atoms with van der Waals surface area (Å²) in [6.45, 7) is 0. The molecule has 0 saturated carbocycles. The van der Waals surface area contributed by atoms with E-state index < -0.39 is 11.7 Å². The van der Waals surface area contributed by atoms with Crippen LogP contribution >= 0.6 is 15.9 Å². The highest BCUT2D eigenvalue weighted by molar-refractivity contribution is 9.10. The normalized spacial score (nSPS) is 12.5. The second kappa shape index (κ2) is 8.97. The molecule has 0 aromatic heterocycles. The van der Waals surface area contributed by atoms with E-state index in [1.165, 1.54) is 0 Å². The van der Waals surface area contributed by atoms with Gasteiger partial charge in [0.2, 0.25) is 0 Å². The molecule has 0 aliphatic carbocycles. The summed E-state index contributed by atoms with van der Waals surface area (Å²) in [6.07, 6.45) is -0.301. The molecule has 1 atom stereocenters. The minimum Gasteiger partial charge on any atom is -0.388 e. The average molecular weight is 459 g/mol. The first-order chi connectivity index (χ1) is 14.6. The van der Waals surface area contributed by atoms with Gasteiger partial charge in [0.1, 0.15) is 5.60 Å². The largest absolute Gasteiger partial charge is 0.388 e. The molecule has 0 heterocycles. The summed E-state index contributed by atoms with van der Waals surface area (Å²) in [5, 5.41) is 23.3. The zero-order valence-electron chi connectivity index (χ0n) is 16.4. The van der Waals surface area contributed by atoms with E-state index in [0.29, 0.717) is 17.5 Å². The van der Waals surface area contributed by atoms with E-state index in [4.69, 9.17) is 0 Å². The topological polar surface area (TPSA) is 40.5 Å².